The fourth-order valence-electron chi connectivity index (χ4n) is 4.22. The lowest BCUT2D eigenvalue weighted by atomic mass is 10.0. The van der Waals surface area contributed by atoms with Crippen molar-refractivity contribution < 1.29 is 23.9 Å². The molecule has 6 N–H and O–H groups in total. The summed E-state index contributed by atoms with van der Waals surface area (Å²) in [5.74, 6) is -2.06. The Labute approximate surface area is 201 Å². The molecule has 1 atom stereocenters. The number of aromatic amines is 1. The van der Waals surface area contributed by atoms with E-state index in [0.717, 1.165) is 4.88 Å². The van der Waals surface area contributed by atoms with E-state index >= 15 is 0 Å². The number of hydrogen-bond donors (Lipinski definition) is 5. The van der Waals surface area contributed by atoms with Crippen molar-refractivity contribution in [1.29, 1.82) is 0 Å². The van der Waals surface area contributed by atoms with Crippen LogP contribution in [0.4, 0.5) is 5.69 Å². The predicted octanol–water partition coefficient (Wildman–Crippen LogP) is -0.123. The Morgan fingerprint density at radius 2 is 2.06 bits per heavy atom. The molecule has 2 aromatic heterocycles. The monoisotopic (exact) mass is 496 g/mol. The molecule has 0 fully saturated rings. The molecule has 0 bridgehead atoms. The third-order valence-electron chi connectivity index (χ3n) is 5.78. The summed E-state index contributed by atoms with van der Waals surface area (Å²) in [5.41, 5.74) is 6.40. The first kappa shape index (κ1) is 22.5. The fourth-order valence-corrected chi connectivity index (χ4v) is 5.47. The van der Waals surface area contributed by atoms with Crippen molar-refractivity contribution in [3.8, 4) is 5.75 Å². The molecule has 1 aliphatic carbocycles. The van der Waals surface area contributed by atoms with Crippen LogP contribution in [-0.4, -0.2) is 46.7 Å². The lowest BCUT2D eigenvalue weighted by Gasteiger charge is -2.18. The van der Waals surface area contributed by atoms with Crippen molar-refractivity contribution in [2.24, 2.45) is 5.73 Å². The largest absolute Gasteiger partial charge is 0.482 e. The predicted molar refractivity (Wildman–Crippen MR) is 125 cm³/mol. The van der Waals surface area contributed by atoms with Gasteiger partial charge in [0.1, 0.15) is 10.6 Å². The normalized spacial score (nSPS) is 16.1. The minimum atomic E-state index is -0.657. The first-order chi connectivity index (χ1) is 16.8. The third kappa shape index (κ3) is 4.33. The minimum Gasteiger partial charge on any atom is -0.482 e. The number of aromatic nitrogens is 2. The number of nitrogens with two attached hydrogens (primary N) is 1. The average Bonchev–Trinajstić information content (AvgIpc) is 3.39. The number of H-pyrrole nitrogens is 1. The van der Waals surface area contributed by atoms with Gasteiger partial charge >= 0.3 is 0 Å². The number of carbonyl (C=O) groups excluding carboxylic acids is 4. The molecule has 2 aliphatic rings. The van der Waals surface area contributed by atoms with E-state index in [9.17, 15) is 24.0 Å². The molecule has 3 heterocycles. The van der Waals surface area contributed by atoms with Gasteiger partial charge in [-0.2, -0.15) is 0 Å². The summed E-state index contributed by atoms with van der Waals surface area (Å²) in [7, 11) is 0. The van der Waals surface area contributed by atoms with Crippen LogP contribution in [0.3, 0.4) is 0 Å². The number of benzene rings is 1. The summed E-state index contributed by atoms with van der Waals surface area (Å²) >= 11 is 1.27. The van der Waals surface area contributed by atoms with Crippen LogP contribution in [0.15, 0.2) is 23.0 Å². The molecule has 0 spiro atoms. The highest BCUT2D eigenvalue weighted by molar-refractivity contribution is 7.18. The molecular weight excluding hydrogens is 476 g/mol. The Bertz CT molecular complexity index is 1460. The molecule has 1 aliphatic heterocycles. The number of amides is 4. The second-order valence-corrected chi connectivity index (χ2v) is 9.24. The van der Waals surface area contributed by atoms with Gasteiger partial charge < -0.3 is 31.4 Å². The van der Waals surface area contributed by atoms with Crippen LogP contribution in [0, 0.1) is 0 Å². The summed E-state index contributed by atoms with van der Waals surface area (Å²) < 4.78 is 5.32. The number of carbonyl (C=O) groups is 4. The van der Waals surface area contributed by atoms with Crippen LogP contribution < -0.4 is 32.0 Å². The number of thiophene rings is 1. The number of nitrogens with zero attached hydrogens (tertiary/aromatic N) is 1. The van der Waals surface area contributed by atoms with Crippen molar-refractivity contribution in [3.63, 3.8) is 0 Å². The number of aryl methyl sites for hydroxylation is 1. The summed E-state index contributed by atoms with van der Waals surface area (Å²) in [5, 5.41) is 8.17. The number of primary amides is 1. The smallest absolute Gasteiger partial charge is 0.287 e. The van der Waals surface area contributed by atoms with Crippen LogP contribution in [0.25, 0.3) is 10.2 Å². The summed E-state index contributed by atoms with van der Waals surface area (Å²) in [6.45, 7) is -0.197. The zero-order valence-electron chi connectivity index (χ0n) is 18.2. The van der Waals surface area contributed by atoms with Gasteiger partial charge in [-0.25, -0.2) is 4.98 Å². The molecule has 0 saturated carbocycles. The van der Waals surface area contributed by atoms with Crippen LogP contribution in [0.5, 0.6) is 5.75 Å². The topological polar surface area (TPSA) is 185 Å². The Morgan fingerprint density at radius 3 is 2.86 bits per heavy atom. The molecule has 1 aromatic carbocycles. The first-order valence-corrected chi connectivity index (χ1v) is 11.6. The van der Waals surface area contributed by atoms with E-state index in [2.05, 4.69) is 25.9 Å². The van der Waals surface area contributed by atoms with Gasteiger partial charge in [-0.05, 0) is 36.1 Å². The average molecular weight is 497 g/mol. The van der Waals surface area contributed by atoms with Gasteiger partial charge in [0.15, 0.2) is 6.61 Å². The van der Waals surface area contributed by atoms with Gasteiger partial charge in [0.2, 0.25) is 17.6 Å². The maximum atomic E-state index is 12.9. The Balaban J connectivity index is 1.34. The quantitative estimate of drug-likeness (QED) is 0.315. The number of anilines is 1. The Morgan fingerprint density at radius 1 is 1.23 bits per heavy atom. The van der Waals surface area contributed by atoms with Crippen LogP contribution in [0.1, 0.15) is 39.0 Å². The van der Waals surface area contributed by atoms with Crippen molar-refractivity contribution in [2.45, 2.75) is 25.3 Å². The molecular formula is C22H20N6O6S. The van der Waals surface area contributed by atoms with E-state index in [0.29, 0.717) is 40.2 Å². The van der Waals surface area contributed by atoms with Gasteiger partial charge in [0.25, 0.3) is 17.4 Å². The molecule has 12 nitrogen and oxygen atoms in total. The molecule has 1 unspecified atom stereocenters. The van der Waals surface area contributed by atoms with Crippen molar-refractivity contribution in [2.75, 3.05) is 18.5 Å². The lowest BCUT2D eigenvalue weighted by Crippen LogP contribution is -2.36. The van der Waals surface area contributed by atoms with E-state index in [1.165, 1.54) is 11.3 Å². The molecule has 0 radical (unpaired) electrons. The van der Waals surface area contributed by atoms with E-state index < -0.39 is 23.3 Å². The highest BCUT2D eigenvalue weighted by Gasteiger charge is 2.34. The molecule has 35 heavy (non-hydrogen) atoms. The van der Waals surface area contributed by atoms with E-state index in [-0.39, 0.29) is 42.7 Å². The van der Waals surface area contributed by atoms with E-state index in [1.807, 2.05) is 0 Å². The van der Waals surface area contributed by atoms with Crippen LogP contribution >= 0.6 is 11.3 Å². The fraction of sp³-hybridized carbons (Fsp3) is 0.273. The summed E-state index contributed by atoms with van der Waals surface area (Å²) in [6.07, 6.45) is 1.10. The van der Waals surface area contributed by atoms with Gasteiger partial charge in [-0.15, -0.1) is 11.3 Å². The molecule has 3 aromatic rings. The van der Waals surface area contributed by atoms with E-state index in [1.54, 1.807) is 18.2 Å². The van der Waals surface area contributed by atoms with Crippen molar-refractivity contribution >= 4 is 50.9 Å². The zero-order valence-corrected chi connectivity index (χ0v) is 19.0. The van der Waals surface area contributed by atoms with Crippen molar-refractivity contribution in [1.82, 2.24) is 20.6 Å². The number of hydrogen-bond acceptors (Lipinski definition) is 8. The minimum absolute atomic E-state index is 0.0461. The highest BCUT2D eigenvalue weighted by Crippen LogP contribution is 2.42. The van der Waals surface area contributed by atoms with Crippen molar-refractivity contribution in [3.05, 3.63) is 50.4 Å². The molecule has 5 rings (SSSR count). The van der Waals surface area contributed by atoms with E-state index in [4.69, 9.17) is 10.5 Å². The molecule has 180 valence electrons. The first-order valence-electron chi connectivity index (χ1n) is 10.8. The van der Waals surface area contributed by atoms with Crippen LogP contribution in [-0.2, 0) is 27.3 Å². The number of ether oxygens (including phenoxy) is 1. The van der Waals surface area contributed by atoms with Gasteiger partial charge in [0.05, 0.1) is 23.5 Å². The maximum absolute atomic E-state index is 12.9. The SMILES string of the molecule is NC(=O)CNC(=O)C1CCc2sc3nc(C(=O)NCc4ccc5c(c4)NC(=O)CO5)[nH]c(=O)c3c21. The lowest BCUT2D eigenvalue weighted by molar-refractivity contribution is -0.125. The zero-order chi connectivity index (χ0) is 24.7. The summed E-state index contributed by atoms with van der Waals surface area (Å²) in [6, 6.07) is 5.15. The standard InChI is InChI=1S/C22H20N6O6S/c23-14(29)7-25-19(31)10-2-4-13-16(10)17-20(32)27-18(28-22(17)35-13)21(33)24-6-9-1-3-12-11(5-9)26-15(30)8-34-12/h1,3,5,10H,2,4,6-8H2,(H2,23,29)(H,24,33)(H,25,31)(H,26,30)(H,27,28,32). The molecule has 13 heteroatoms. The number of fused-ring (bicyclic) bond motifs is 4. The highest BCUT2D eigenvalue weighted by atomic mass is 32.1. The number of nitrogens with one attached hydrogen (secondary N) is 4. The maximum Gasteiger partial charge on any atom is 0.287 e. The van der Waals surface area contributed by atoms with Crippen LogP contribution in [0.2, 0.25) is 0 Å². The van der Waals surface area contributed by atoms with Gasteiger partial charge in [-0.3, -0.25) is 24.0 Å². The summed E-state index contributed by atoms with van der Waals surface area (Å²) in [4.78, 5) is 68.7. The third-order valence-corrected chi connectivity index (χ3v) is 6.94. The van der Waals surface area contributed by atoms with Gasteiger partial charge in [0, 0.05) is 11.4 Å². The molecule has 4 amide bonds. The Hall–Kier alpha value is -4.26. The Kier molecular flexibility index (Phi) is 5.68. The second kappa shape index (κ2) is 8.83. The number of rotatable bonds is 6. The van der Waals surface area contributed by atoms with Gasteiger partial charge in [-0.1, -0.05) is 6.07 Å². The molecule has 0 saturated heterocycles. The second-order valence-electron chi connectivity index (χ2n) is 8.16.